The Morgan fingerprint density at radius 3 is 3.19 bits per heavy atom. The van der Waals surface area contributed by atoms with Crippen molar-refractivity contribution < 1.29 is 19.0 Å². The first-order valence-electron chi connectivity index (χ1n) is 6.27. The Morgan fingerprint density at radius 1 is 1.52 bits per heavy atom. The summed E-state index contributed by atoms with van der Waals surface area (Å²) in [5.41, 5.74) is 8.25. The van der Waals surface area contributed by atoms with Gasteiger partial charge in [-0.1, -0.05) is 0 Å². The monoisotopic (exact) mass is 290 g/mol. The molecule has 0 spiro atoms. The van der Waals surface area contributed by atoms with Gasteiger partial charge in [-0.3, -0.25) is 0 Å². The van der Waals surface area contributed by atoms with E-state index in [0.717, 1.165) is 16.9 Å². The summed E-state index contributed by atoms with van der Waals surface area (Å²) < 4.78 is 16.9. The third-order valence-electron chi connectivity index (χ3n) is 3.05. The fourth-order valence-electron chi connectivity index (χ4n) is 2.17. The van der Waals surface area contributed by atoms with Crippen molar-refractivity contribution in [1.82, 2.24) is 14.8 Å². The molecule has 1 aromatic carbocycles. The number of hydrogen-bond donors (Lipinski definition) is 1. The number of carbonyl (C=O) groups excluding carboxylic acids is 1. The number of benzene rings is 1. The number of anilines is 1. The first-order chi connectivity index (χ1) is 10.2. The molecule has 0 atom stereocenters. The lowest BCUT2D eigenvalue weighted by molar-refractivity contribution is -0.0170. The molecule has 2 heterocycles. The molecule has 0 bridgehead atoms. The average molecular weight is 290 g/mol. The molecular weight excluding hydrogens is 276 g/mol. The Morgan fingerprint density at radius 2 is 2.38 bits per heavy atom. The summed E-state index contributed by atoms with van der Waals surface area (Å²) in [6, 6.07) is 3.63. The Kier molecular flexibility index (Phi) is 3.44. The van der Waals surface area contributed by atoms with Crippen LogP contribution in [-0.2, 0) is 22.6 Å². The van der Waals surface area contributed by atoms with Gasteiger partial charge in [0.05, 0.1) is 20.3 Å². The molecule has 110 valence electrons. The molecule has 8 nitrogen and oxygen atoms in total. The summed E-state index contributed by atoms with van der Waals surface area (Å²) >= 11 is 0. The van der Waals surface area contributed by atoms with Gasteiger partial charge in [-0.15, -0.1) is 5.10 Å². The maximum absolute atomic E-state index is 11.3. The number of ether oxygens (including phenoxy) is 3. The summed E-state index contributed by atoms with van der Waals surface area (Å²) in [4.78, 5) is 15.2. The van der Waals surface area contributed by atoms with Gasteiger partial charge >= 0.3 is 5.97 Å². The van der Waals surface area contributed by atoms with Crippen LogP contribution in [0.25, 0.3) is 0 Å². The van der Waals surface area contributed by atoms with Crippen LogP contribution in [0.1, 0.15) is 21.7 Å². The molecule has 21 heavy (non-hydrogen) atoms. The minimum atomic E-state index is -0.576. The van der Waals surface area contributed by atoms with Crippen molar-refractivity contribution in [2.45, 2.75) is 13.2 Å². The van der Waals surface area contributed by atoms with Crippen molar-refractivity contribution in [3.63, 3.8) is 0 Å². The van der Waals surface area contributed by atoms with Crippen LogP contribution >= 0.6 is 0 Å². The number of nitrogens with two attached hydrogens (primary N) is 1. The van der Waals surface area contributed by atoms with Gasteiger partial charge in [-0.2, -0.15) is 0 Å². The topological polar surface area (TPSA) is 101 Å². The summed E-state index contributed by atoms with van der Waals surface area (Å²) in [7, 11) is 1.28. The van der Waals surface area contributed by atoms with E-state index in [0.29, 0.717) is 18.8 Å². The molecule has 2 N–H and O–H groups in total. The zero-order valence-corrected chi connectivity index (χ0v) is 11.4. The number of esters is 1. The van der Waals surface area contributed by atoms with Crippen molar-refractivity contribution in [1.29, 1.82) is 0 Å². The number of rotatable bonds is 3. The second-order valence-corrected chi connectivity index (χ2v) is 4.54. The molecule has 8 heteroatoms. The highest BCUT2D eigenvalue weighted by Gasteiger charge is 2.18. The predicted octanol–water partition coefficient (Wildman–Crippen LogP) is 0.562. The summed E-state index contributed by atoms with van der Waals surface area (Å²) in [6.45, 7) is 1.05. The van der Waals surface area contributed by atoms with E-state index in [-0.39, 0.29) is 12.6 Å². The van der Waals surface area contributed by atoms with E-state index >= 15 is 0 Å². The van der Waals surface area contributed by atoms with Crippen LogP contribution in [-0.4, -0.2) is 34.6 Å². The molecule has 3 rings (SSSR count). The third-order valence-corrected chi connectivity index (χ3v) is 3.05. The standard InChI is InChI=1S/C13H14N4O4/c1-19-13(18)12-15-6-17(16-12)4-8-2-10(14)3-9-5-20-7-21-11(8)9/h2-3,6H,4-5,7,14H2,1H3. The van der Waals surface area contributed by atoms with Crippen molar-refractivity contribution >= 4 is 11.7 Å². The largest absolute Gasteiger partial charge is 0.467 e. The molecular formula is C13H14N4O4. The van der Waals surface area contributed by atoms with E-state index in [2.05, 4.69) is 14.8 Å². The van der Waals surface area contributed by atoms with E-state index in [1.807, 2.05) is 12.1 Å². The van der Waals surface area contributed by atoms with Crippen molar-refractivity contribution in [2.24, 2.45) is 0 Å². The van der Waals surface area contributed by atoms with Crippen molar-refractivity contribution in [2.75, 3.05) is 19.6 Å². The fourth-order valence-corrected chi connectivity index (χ4v) is 2.17. The van der Waals surface area contributed by atoms with E-state index in [4.69, 9.17) is 15.2 Å². The van der Waals surface area contributed by atoms with Crippen molar-refractivity contribution in [3.05, 3.63) is 35.4 Å². The Labute approximate surface area is 120 Å². The van der Waals surface area contributed by atoms with Gasteiger partial charge in [0.2, 0.25) is 0 Å². The fraction of sp³-hybridized carbons (Fsp3) is 0.308. The molecule has 1 aromatic heterocycles. The predicted molar refractivity (Wildman–Crippen MR) is 71.6 cm³/mol. The zero-order chi connectivity index (χ0) is 14.8. The molecule has 0 saturated heterocycles. The quantitative estimate of drug-likeness (QED) is 0.651. The number of nitrogen functional groups attached to an aromatic ring is 1. The number of fused-ring (bicyclic) bond motifs is 1. The lowest BCUT2D eigenvalue weighted by Gasteiger charge is -2.21. The number of methoxy groups -OCH3 is 1. The van der Waals surface area contributed by atoms with Gasteiger partial charge in [-0.05, 0) is 12.1 Å². The number of nitrogens with zero attached hydrogens (tertiary/aromatic N) is 3. The second kappa shape index (κ2) is 5.41. The minimum absolute atomic E-state index is 0.0134. The second-order valence-electron chi connectivity index (χ2n) is 4.54. The maximum atomic E-state index is 11.3. The molecule has 1 aliphatic heterocycles. The lowest BCUT2D eigenvalue weighted by Crippen LogP contribution is -2.15. The number of hydrogen-bond acceptors (Lipinski definition) is 7. The first kappa shape index (κ1) is 13.4. The Bertz CT molecular complexity index is 683. The number of aromatic nitrogens is 3. The molecule has 0 unspecified atom stereocenters. The zero-order valence-electron chi connectivity index (χ0n) is 11.4. The van der Waals surface area contributed by atoms with Crippen LogP contribution in [0.15, 0.2) is 18.5 Å². The summed E-state index contributed by atoms with van der Waals surface area (Å²) in [5.74, 6) is 0.179. The van der Waals surface area contributed by atoms with Crippen LogP contribution in [0.2, 0.25) is 0 Å². The van der Waals surface area contributed by atoms with Gasteiger partial charge in [0.25, 0.3) is 5.82 Å². The Hall–Kier alpha value is -2.61. The number of carbonyl (C=O) groups is 1. The normalized spacial score (nSPS) is 13.4. The summed E-state index contributed by atoms with van der Waals surface area (Å²) in [5, 5.41) is 4.06. The molecule has 0 fully saturated rings. The van der Waals surface area contributed by atoms with Gasteiger partial charge in [0.1, 0.15) is 12.1 Å². The van der Waals surface area contributed by atoms with Gasteiger partial charge in [-0.25, -0.2) is 14.5 Å². The minimum Gasteiger partial charge on any atom is -0.467 e. The highest BCUT2D eigenvalue weighted by molar-refractivity contribution is 5.84. The van der Waals surface area contributed by atoms with E-state index in [9.17, 15) is 4.79 Å². The van der Waals surface area contributed by atoms with Crippen LogP contribution < -0.4 is 10.5 Å². The molecule has 0 amide bonds. The molecule has 2 aromatic rings. The first-order valence-corrected chi connectivity index (χ1v) is 6.27. The molecule has 0 aliphatic carbocycles. The highest BCUT2D eigenvalue weighted by atomic mass is 16.7. The Balaban J connectivity index is 1.89. The molecule has 1 aliphatic rings. The van der Waals surface area contributed by atoms with Crippen LogP contribution in [0.3, 0.4) is 0 Å². The SMILES string of the molecule is COC(=O)c1ncn(Cc2cc(N)cc3c2OCOC3)n1. The highest BCUT2D eigenvalue weighted by Crippen LogP contribution is 2.31. The van der Waals surface area contributed by atoms with Crippen LogP contribution in [0.5, 0.6) is 5.75 Å². The van der Waals surface area contributed by atoms with Crippen LogP contribution in [0.4, 0.5) is 5.69 Å². The van der Waals surface area contributed by atoms with Gasteiger partial charge < -0.3 is 19.9 Å². The maximum Gasteiger partial charge on any atom is 0.377 e. The van der Waals surface area contributed by atoms with Gasteiger partial charge in [0.15, 0.2) is 6.79 Å². The van der Waals surface area contributed by atoms with E-state index in [1.165, 1.54) is 18.1 Å². The summed E-state index contributed by atoms with van der Waals surface area (Å²) in [6.07, 6.45) is 1.46. The molecule has 0 radical (unpaired) electrons. The average Bonchev–Trinajstić information content (AvgIpc) is 2.95. The molecule has 0 saturated carbocycles. The van der Waals surface area contributed by atoms with Crippen LogP contribution in [0, 0.1) is 0 Å². The lowest BCUT2D eigenvalue weighted by atomic mass is 10.1. The van der Waals surface area contributed by atoms with Gasteiger partial charge in [0, 0.05) is 16.8 Å². The van der Waals surface area contributed by atoms with E-state index in [1.54, 1.807) is 0 Å². The van der Waals surface area contributed by atoms with Crippen molar-refractivity contribution in [3.8, 4) is 5.75 Å². The smallest absolute Gasteiger partial charge is 0.377 e. The van der Waals surface area contributed by atoms with E-state index < -0.39 is 5.97 Å². The third kappa shape index (κ3) is 2.65.